The van der Waals surface area contributed by atoms with Crippen LogP contribution in [0.2, 0.25) is 0 Å². The summed E-state index contributed by atoms with van der Waals surface area (Å²) in [6.07, 6.45) is 1.15. The van der Waals surface area contributed by atoms with Crippen molar-refractivity contribution >= 4 is 5.91 Å². The summed E-state index contributed by atoms with van der Waals surface area (Å²) >= 11 is 0. The Morgan fingerprint density at radius 2 is 1.71 bits per heavy atom. The first kappa shape index (κ1) is 17.6. The molecule has 3 N–H and O–H groups in total. The molecule has 0 spiro atoms. The second-order valence-corrected chi connectivity index (χ2v) is 4.57. The molecule has 1 amide bonds. The zero-order valence-corrected chi connectivity index (χ0v) is 12.5. The van der Waals surface area contributed by atoms with Gasteiger partial charge in [0.25, 0.3) is 0 Å². The second kappa shape index (κ2) is 11.2. The molecule has 0 unspecified atom stereocenters. The van der Waals surface area contributed by atoms with E-state index in [0.717, 1.165) is 17.5 Å². The summed E-state index contributed by atoms with van der Waals surface area (Å²) in [7, 11) is 1.65. The highest BCUT2D eigenvalue weighted by molar-refractivity contribution is 5.77. The van der Waals surface area contributed by atoms with E-state index in [1.54, 1.807) is 7.11 Å². The fraction of sp³-hybridized carbons (Fsp3) is 0.533. The van der Waals surface area contributed by atoms with Crippen molar-refractivity contribution in [2.24, 2.45) is 5.84 Å². The minimum atomic E-state index is -0.201. The number of ether oxygens (including phenoxy) is 3. The standard InChI is InChI=1S/C15H24N2O4/c1-19-9-10-20-7-2-8-21-12-14-5-3-13(4-6-14)11-15(18)17-16/h3-6H,2,7-12,16H2,1H3,(H,17,18). The SMILES string of the molecule is COCCOCCCOCc1ccc(CC(=O)NN)cc1. The zero-order chi connectivity index (χ0) is 15.3. The van der Waals surface area contributed by atoms with Crippen LogP contribution in [-0.2, 0) is 32.0 Å². The summed E-state index contributed by atoms with van der Waals surface area (Å²) in [5.41, 5.74) is 4.11. The monoisotopic (exact) mass is 296 g/mol. The van der Waals surface area contributed by atoms with Crippen LogP contribution in [-0.4, -0.2) is 39.4 Å². The molecule has 0 heterocycles. The maximum atomic E-state index is 11.1. The van der Waals surface area contributed by atoms with Gasteiger partial charge in [0, 0.05) is 20.3 Å². The van der Waals surface area contributed by atoms with E-state index in [-0.39, 0.29) is 12.3 Å². The van der Waals surface area contributed by atoms with Crippen LogP contribution in [0.5, 0.6) is 0 Å². The van der Waals surface area contributed by atoms with Gasteiger partial charge in [0.1, 0.15) is 0 Å². The number of methoxy groups -OCH3 is 1. The van der Waals surface area contributed by atoms with Crippen molar-refractivity contribution in [3.05, 3.63) is 35.4 Å². The van der Waals surface area contributed by atoms with E-state index in [1.807, 2.05) is 24.3 Å². The smallest absolute Gasteiger partial charge is 0.238 e. The van der Waals surface area contributed by atoms with Crippen LogP contribution in [0, 0.1) is 0 Å². The number of nitrogens with one attached hydrogen (secondary N) is 1. The molecule has 0 aliphatic rings. The fourth-order valence-corrected chi connectivity index (χ4v) is 1.69. The van der Waals surface area contributed by atoms with Gasteiger partial charge in [0.05, 0.1) is 26.2 Å². The molecule has 1 aromatic carbocycles. The number of carbonyl (C=O) groups excluding carboxylic acids is 1. The quantitative estimate of drug-likeness (QED) is 0.273. The van der Waals surface area contributed by atoms with E-state index >= 15 is 0 Å². The third-order valence-electron chi connectivity index (χ3n) is 2.83. The Hall–Kier alpha value is -1.47. The first-order chi connectivity index (χ1) is 10.3. The molecule has 0 radical (unpaired) electrons. The van der Waals surface area contributed by atoms with Gasteiger partial charge in [-0.15, -0.1) is 0 Å². The molecule has 0 aliphatic heterocycles. The highest BCUT2D eigenvalue weighted by Gasteiger charge is 2.01. The average Bonchev–Trinajstić information content (AvgIpc) is 2.51. The highest BCUT2D eigenvalue weighted by Crippen LogP contribution is 2.06. The zero-order valence-electron chi connectivity index (χ0n) is 12.5. The Labute approximate surface area is 125 Å². The molecular weight excluding hydrogens is 272 g/mol. The molecule has 21 heavy (non-hydrogen) atoms. The van der Waals surface area contributed by atoms with Gasteiger partial charge < -0.3 is 14.2 Å². The second-order valence-electron chi connectivity index (χ2n) is 4.57. The Bertz CT molecular complexity index is 395. The first-order valence-corrected chi connectivity index (χ1v) is 6.98. The van der Waals surface area contributed by atoms with Crippen molar-refractivity contribution in [1.82, 2.24) is 5.43 Å². The molecule has 1 aromatic rings. The summed E-state index contributed by atoms with van der Waals surface area (Å²) < 4.78 is 15.8. The van der Waals surface area contributed by atoms with Crippen LogP contribution in [0.3, 0.4) is 0 Å². The summed E-state index contributed by atoms with van der Waals surface area (Å²) in [6, 6.07) is 7.71. The van der Waals surface area contributed by atoms with Crippen molar-refractivity contribution in [3.8, 4) is 0 Å². The van der Waals surface area contributed by atoms with Crippen LogP contribution >= 0.6 is 0 Å². The Kier molecular flexibility index (Phi) is 9.39. The molecule has 0 aliphatic carbocycles. The van der Waals surface area contributed by atoms with Gasteiger partial charge in [-0.1, -0.05) is 24.3 Å². The van der Waals surface area contributed by atoms with E-state index in [2.05, 4.69) is 5.43 Å². The maximum Gasteiger partial charge on any atom is 0.238 e. The minimum Gasteiger partial charge on any atom is -0.382 e. The maximum absolute atomic E-state index is 11.1. The number of hydrazine groups is 1. The van der Waals surface area contributed by atoms with Crippen molar-refractivity contribution in [3.63, 3.8) is 0 Å². The highest BCUT2D eigenvalue weighted by atomic mass is 16.5. The summed E-state index contributed by atoms with van der Waals surface area (Å²) in [6.45, 7) is 3.13. The summed E-state index contributed by atoms with van der Waals surface area (Å²) in [4.78, 5) is 11.1. The van der Waals surface area contributed by atoms with E-state index < -0.39 is 0 Å². The third-order valence-corrected chi connectivity index (χ3v) is 2.83. The van der Waals surface area contributed by atoms with Crippen LogP contribution in [0.4, 0.5) is 0 Å². The molecule has 0 atom stereocenters. The molecule has 118 valence electrons. The summed E-state index contributed by atoms with van der Waals surface area (Å²) in [5, 5.41) is 0. The molecule has 0 saturated carbocycles. The van der Waals surface area contributed by atoms with Crippen LogP contribution in [0.1, 0.15) is 17.5 Å². The number of hydrogen-bond donors (Lipinski definition) is 2. The van der Waals surface area contributed by atoms with Gasteiger partial charge in [0.15, 0.2) is 0 Å². The lowest BCUT2D eigenvalue weighted by atomic mass is 10.1. The van der Waals surface area contributed by atoms with Gasteiger partial charge in [0.2, 0.25) is 5.91 Å². The molecule has 1 rings (SSSR count). The molecular formula is C15H24N2O4. The number of benzene rings is 1. The van der Waals surface area contributed by atoms with Gasteiger partial charge in [-0.3, -0.25) is 10.2 Å². The summed E-state index contributed by atoms with van der Waals surface area (Å²) in [5.74, 6) is 4.84. The van der Waals surface area contributed by atoms with Crippen LogP contribution < -0.4 is 11.3 Å². The van der Waals surface area contributed by atoms with Crippen molar-refractivity contribution in [2.75, 3.05) is 33.5 Å². The van der Waals surface area contributed by atoms with E-state index in [4.69, 9.17) is 20.1 Å². The molecule has 6 nitrogen and oxygen atoms in total. The largest absolute Gasteiger partial charge is 0.382 e. The lowest BCUT2D eigenvalue weighted by molar-refractivity contribution is -0.120. The molecule has 0 bridgehead atoms. The van der Waals surface area contributed by atoms with Crippen LogP contribution in [0.15, 0.2) is 24.3 Å². The molecule has 0 aromatic heterocycles. The van der Waals surface area contributed by atoms with Gasteiger partial charge in [-0.25, -0.2) is 5.84 Å². The Morgan fingerprint density at radius 1 is 1.05 bits per heavy atom. The first-order valence-electron chi connectivity index (χ1n) is 6.98. The van der Waals surface area contributed by atoms with Crippen molar-refractivity contribution in [1.29, 1.82) is 0 Å². The number of amides is 1. The number of carbonyl (C=O) groups is 1. The molecule has 6 heteroatoms. The number of rotatable bonds is 11. The minimum absolute atomic E-state index is 0.201. The topological polar surface area (TPSA) is 82.8 Å². The van der Waals surface area contributed by atoms with Gasteiger partial charge in [-0.2, -0.15) is 0 Å². The van der Waals surface area contributed by atoms with Crippen molar-refractivity contribution < 1.29 is 19.0 Å². The average molecular weight is 296 g/mol. The predicted molar refractivity (Wildman–Crippen MR) is 79.4 cm³/mol. The molecule has 0 fully saturated rings. The lowest BCUT2D eigenvalue weighted by Gasteiger charge is -2.06. The predicted octanol–water partition coefficient (Wildman–Crippen LogP) is 0.789. The van der Waals surface area contributed by atoms with E-state index in [9.17, 15) is 4.79 Å². The lowest BCUT2D eigenvalue weighted by Crippen LogP contribution is -2.31. The Balaban J connectivity index is 2.11. The van der Waals surface area contributed by atoms with E-state index in [0.29, 0.717) is 33.0 Å². The Morgan fingerprint density at radius 3 is 2.38 bits per heavy atom. The van der Waals surface area contributed by atoms with E-state index in [1.165, 1.54) is 0 Å². The number of nitrogens with two attached hydrogens (primary N) is 1. The van der Waals surface area contributed by atoms with Gasteiger partial charge in [-0.05, 0) is 17.5 Å². The molecule has 0 saturated heterocycles. The van der Waals surface area contributed by atoms with Crippen molar-refractivity contribution in [2.45, 2.75) is 19.4 Å². The third kappa shape index (κ3) is 8.41. The van der Waals surface area contributed by atoms with Crippen LogP contribution in [0.25, 0.3) is 0 Å². The normalized spacial score (nSPS) is 10.6. The number of hydrogen-bond acceptors (Lipinski definition) is 5. The van der Waals surface area contributed by atoms with Gasteiger partial charge >= 0.3 is 0 Å². The fourth-order valence-electron chi connectivity index (χ4n) is 1.69.